The number of hydrogen-bond donors (Lipinski definition) is 2. The standard InChI is InChI=1S/C18H24N4/c1-18(2)9-7-13-5-3-4-6-14(13)15(11-18)21-12-17-20-10-8-16(19)22-17/h3-6,8,10,15,21H,7,9,11-12H2,1-2H3,(H2,19,20,22). The van der Waals surface area contributed by atoms with Crippen molar-refractivity contribution in [2.45, 2.75) is 45.7 Å². The zero-order chi connectivity index (χ0) is 15.6. The zero-order valence-electron chi connectivity index (χ0n) is 13.3. The van der Waals surface area contributed by atoms with Crippen LogP contribution in [0.2, 0.25) is 0 Å². The number of hydrogen-bond acceptors (Lipinski definition) is 4. The van der Waals surface area contributed by atoms with Crippen molar-refractivity contribution < 1.29 is 0 Å². The van der Waals surface area contributed by atoms with E-state index in [9.17, 15) is 0 Å². The average Bonchev–Trinajstić information content (AvgIpc) is 2.62. The smallest absolute Gasteiger partial charge is 0.144 e. The molecule has 22 heavy (non-hydrogen) atoms. The third-order valence-electron chi connectivity index (χ3n) is 4.49. The lowest BCUT2D eigenvalue weighted by Gasteiger charge is -2.27. The van der Waals surface area contributed by atoms with E-state index in [1.807, 2.05) is 0 Å². The van der Waals surface area contributed by atoms with Crippen LogP contribution in [0.25, 0.3) is 0 Å². The van der Waals surface area contributed by atoms with Gasteiger partial charge in [-0.1, -0.05) is 38.1 Å². The van der Waals surface area contributed by atoms with Gasteiger partial charge in [-0.2, -0.15) is 0 Å². The number of nitrogens with two attached hydrogens (primary N) is 1. The van der Waals surface area contributed by atoms with Crippen LogP contribution in [0.3, 0.4) is 0 Å². The number of anilines is 1. The first-order chi connectivity index (χ1) is 10.5. The molecular formula is C18H24N4. The van der Waals surface area contributed by atoms with Crippen LogP contribution in [-0.4, -0.2) is 9.97 Å². The quantitative estimate of drug-likeness (QED) is 0.853. The summed E-state index contributed by atoms with van der Waals surface area (Å²) in [7, 11) is 0. The van der Waals surface area contributed by atoms with Gasteiger partial charge in [0.2, 0.25) is 0 Å². The molecule has 1 aromatic carbocycles. The van der Waals surface area contributed by atoms with E-state index >= 15 is 0 Å². The van der Waals surface area contributed by atoms with Gasteiger partial charge in [0.25, 0.3) is 0 Å². The van der Waals surface area contributed by atoms with E-state index < -0.39 is 0 Å². The van der Waals surface area contributed by atoms with Crippen molar-refractivity contribution in [3.63, 3.8) is 0 Å². The highest BCUT2D eigenvalue weighted by Crippen LogP contribution is 2.39. The lowest BCUT2D eigenvalue weighted by Crippen LogP contribution is -2.26. The van der Waals surface area contributed by atoms with E-state index in [1.165, 1.54) is 17.5 Å². The molecule has 0 fully saturated rings. The van der Waals surface area contributed by atoms with Gasteiger partial charge in [-0.05, 0) is 41.9 Å². The van der Waals surface area contributed by atoms with Crippen LogP contribution in [0.15, 0.2) is 36.5 Å². The van der Waals surface area contributed by atoms with Crippen LogP contribution in [0.1, 0.15) is 49.7 Å². The molecule has 4 nitrogen and oxygen atoms in total. The second-order valence-corrected chi connectivity index (χ2v) is 6.90. The predicted molar refractivity (Wildman–Crippen MR) is 89.2 cm³/mol. The third-order valence-corrected chi connectivity index (χ3v) is 4.49. The Morgan fingerprint density at radius 1 is 1.27 bits per heavy atom. The molecule has 3 rings (SSSR count). The molecule has 0 amide bonds. The summed E-state index contributed by atoms with van der Waals surface area (Å²) >= 11 is 0. The molecule has 0 saturated heterocycles. The summed E-state index contributed by atoms with van der Waals surface area (Å²) in [5, 5.41) is 3.64. The van der Waals surface area contributed by atoms with Crippen LogP contribution >= 0.6 is 0 Å². The normalized spacial score (nSPS) is 20.2. The number of benzene rings is 1. The van der Waals surface area contributed by atoms with Crippen LogP contribution in [0.4, 0.5) is 5.82 Å². The average molecular weight is 296 g/mol. The minimum atomic E-state index is 0.327. The van der Waals surface area contributed by atoms with Crippen molar-refractivity contribution >= 4 is 5.82 Å². The third kappa shape index (κ3) is 3.45. The molecule has 1 heterocycles. The van der Waals surface area contributed by atoms with Gasteiger partial charge >= 0.3 is 0 Å². The highest BCUT2D eigenvalue weighted by Gasteiger charge is 2.29. The van der Waals surface area contributed by atoms with Crippen molar-refractivity contribution in [3.8, 4) is 0 Å². The van der Waals surface area contributed by atoms with Gasteiger partial charge in [-0.25, -0.2) is 9.97 Å². The summed E-state index contributed by atoms with van der Waals surface area (Å²) in [6.07, 6.45) is 5.20. The van der Waals surface area contributed by atoms with E-state index in [2.05, 4.69) is 53.4 Å². The minimum absolute atomic E-state index is 0.327. The Balaban J connectivity index is 1.81. The van der Waals surface area contributed by atoms with Crippen LogP contribution in [0.5, 0.6) is 0 Å². The van der Waals surface area contributed by atoms with E-state index in [1.54, 1.807) is 12.3 Å². The van der Waals surface area contributed by atoms with E-state index in [0.717, 1.165) is 18.7 Å². The highest BCUT2D eigenvalue weighted by molar-refractivity contribution is 5.32. The lowest BCUT2D eigenvalue weighted by molar-refractivity contribution is 0.271. The molecule has 0 bridgehead atoms. The molecule has 0 saturated carbocycles. The summed E-state index contributed by atoms with van der Waals surface area (Å²) < 4.78 is 0. The van der Waals surface area contributed by atoms with E-state index in [-0.39, 0.29) is 0 Å². The summed E-state index contributed by atoms with van der Waals surface area (Å²) in [4.78, 5) is 8.56. The van der Waals surface area contributed by atoms with Gasteiger partial charge in [0, 0.05) is 12.2 Å². The molecule has 4 heteroatoms. The Hall–Kier alpha value is -1.94. The minimum Gasteiger partial charge on any atom is -0.384 e. The molecule has 0 radical (unpaired) electrons. The van der Waals surface area contributed by atoms with Crippen LogP contribution in [0, 0.1) is 5.41 Å². The Bertz CT molecular complexity index is 651. The Morgan fingerprint density at radius 3 is 2.91 bits per heavy atom. The van der Waals surface area contributed by atoms with Crippen molar-refractivity contribution in [3.05, 3.63) is 53.5 Å². The molecule has 1 aromatic heterocycles. The summed E-state index contributed by atoms with van der Waals surface area (Å²) in [5.41, 5.74) is 8.93. The van der Waals surface area contributed by atoms with Gasteiger partial charge in [-0.3, -0.25) is 0 Å². The second-order valence-electron chi connectivity index (χ2n) is 6.90. The van der Waals surface area contributed by atoms with Gasteiger partial charge < -0.3 is 11.1 Å². The van der Waals surface area contributed by atoms with Crippen molar-refractivity contribution in [2.24, 2.45) is 5.41 Å². The summed E-state index contributed by atoms with van der Waals surface area (Å²) in [6, 6.07) is 10.8. The molecule has 1 unspecified atom stereocenters. The molecule has 3 N–H and O–H groups in total. The zero-order valence-corrected chi connectivity index (χ0v) is 13.3. The number of nitrogen functional groups attached to an aromatic ring is 1. The van der Waals surface area contributed by atoms with Crippen LogP contribution < -0.4 is 11.1 Å². The molecule has 0 spiro atoms. The lowest BCUT2D eigenvalue weighted by atomic mass is 9.83. The fourth-order valence-electron chi connectivity index (χ4n) is 3.24. The molecular weight excluding hydrogens is 272 g/mol. The van der Waals surface area contributed by atoms with E-state index in [4.69, 9.17) is 5.73 Å². The SMILES string of the molecule is CC1(C)CCc2ccccc2C(NCc2nccc(N)n2)C1. The number of fused-ring (bicyclic) bond motifs is 1. The first kappa shape index (κ1) is 15.0. The fraction of sp³-hybridized carbons (Fsp3) is 0.444. The Morgan fingerprint density at radius 2 is 2.09 bits per heavy atom. The van der Waals surface area contributed by atoms with Gasteiger partial charge in [-0.15, -0.1) is 0 Å². The van der Waals surface area contributed by atoms with Crippen molar-refractivity contribution in [2.75, 3.05) is 5.73 Å². The molecule has 0 aliphatic heterocycles. The largest absolute Gasteiger partial charge is 0.384 e. The topological polar surface area (TPSA) is 63.8 Å². The van der Waals surface area contributed by atoms with Gasteiger partial charge in [0.15, 0.2) is 0 Å². The van der Waals surface area contributed by atoms with Crippen LogP contribution in [-0.2, 0) is 13.0 Å². The number of nitrogens with one attached hydrogen (secondary N) is 1. The van der Waals surface area contributed by atoms with Crippen molar-refractivity contribution in [1.29, 1.82) is 0 Å². The summed E-state index contributed by atoms with van der Waals surface area (Å²) in [5.74, 6) is 1.27. The number of nitrogens with zero attached hydrogens (tertiary/aromatic N) is 2. The van der Waals surface area contributed by atoms with Gasteiger partial charge in [0.05, 0.1) is 6.54 Å². The summed E-state index contributed by atoms with van der Waals surface area (Å²) in [6.45, 7) is 5.34. The van der Waals surface area contributed by atoms with E-state index in [0.29, 0.717) is 23.8 Å². The number of aromatic nitrogens is 2. The Labute approximate surface area is 132 Å². The van der Waals surface area contributed by atoms with Crippen molar-refractivity contribution in [1.82, 2.24) is 15.3 Å². The second kappa shape index (κ2) is 6.05. The monoisotopic (exact) mass is 296 g/mol. The maximum Gasteiger partial charge on any atom is 0.144 e. The maximum absolute atomic E-state index is 5.73. The maximum atomic E-state index is 5.73. The first-order valence-corrected chi connectivity index (χ1v) is 7.92. The fourth-order valence-corrected chi connectivity index (χ4v) is 3.24. The molecule has 116 valence electrons. The molecule has 1 atom stereocenters. The molecule has 1 aliphatic carbocycles. The molecule has 1 aliphatic rings. The first-order valence-electron chi connectivity index (χ1n) is 7.92. The van der Waals surface area contributed by atoms with Gasteiger partial charge in [0.1, 0.15) is 11.6 Å². The number of rotatable bonds is 3. The highest BCUT2D eigenvalue weighted by atomic mass is 15.0. The number of aryl methyl sites for hydroxylation is 1. The molecule has 2 aromatic rings. The predicted octanol–water partition coefficient (Wildman–Crippen LogP) is 3.25. The Kier molecular flexibility index (Phi) is 4.12.